The number of benzene rings is 2. The number of sulfonamides is 1. The van der Waals surface area contributed by atoms with Gasteiger partial charge in [-0.3, -0.25) is 14.6 Å². The molecule has 1 aliphatic rings. The van der Waals surface area contributed by atoms with Crippen LogP contribution in [0.3, 0.4) is 0 Å². The topological polar surface area (TPSA) is 95.9 Å². The van der Waals surface area contributed by atoms with Gasteiger partial charge in [0.05, 0.1) is 11.4 Å². The van der Waals surface area contributed by atoms with E-state index < -0.39 is 21.2 Å². The molecule has 2 aromatic carbocycles. The molecular formula is C22H23N3O4S2. The maximum Gasteiger partial charge on any atom is 0.272 e. The molecule has 0 spiro atoms. The Morgan fingerprint density at radius 3 is 2.29 bits per heavy atom. The highest BCUT2D eigenvalue weighted by Crippen LogP contribution is 2.34. The standard InChI is InChI=1S/C22H23N3O4S2/c1-4-13-23-22-25(31(28,29)18-11-7-16(3)8-12-18)21(27)19(30-22)14-20(26)24-17-9-5-15(2)6-10-17/h4-12,19H,1,13-14H2,2-3H3,(H,24,26)/t19-/m1/s1. The number of aryl methyl sites for hydroxylation is 2. The van der Waals surface area contributed by atoms with E-state index in [0.717, 1.165) is 22.9 Å². The lowest BCUT2D eigenvalue weighted by molar-refractivity contribution is -0.125. The van der Waals surface area contributed by atoms with Gasteiger partial charge in [-0.05, 0) is 38.1 Å². The fourth-order valence-electron chi connectivity index (χ4n) is 2.88. The highest BCUT2D eigenvalue weighted by atomic mass is 32.2. The molecule has 3 rings (SSSR count). The number of carbonyl (C=O) groups excluding carboxylic acids is 2. The fourth-order valence-corrected chi connectivity index (χ4v) is 5.72. The molecule has 2 amide bonds. The molecule has 0 aromatic heterocycles. The Hall–Kier alpha value is -2.91. The third kappa shape index (κ3) is 5.23. The maximum absolute atomic E-state index is 13.2. The van der Waals surface area contributed by atoms with Crippen molar-refractivity contribution >= 4 is 44.5 Å². The van der Waals surface area contributed by atoms with Gasteiger partial charge in [-0.15, -0.1) is 6.58 Å². The molecule has 1 saturated heterocycles. The molecule has 0 aliphatic carbocycles. The highest BCUT2D eigenvalue weighted by Gasteiger charge is 2.46. The lowest BCUT2D eigenvalue weighted by Gasteiger charge is -2.17. The summed E-state index contributed by atoms with van der Waals surface area (Å²) in [6.07, 6.45) is 1.33. The highest BCUT2D eigenvalue weighted by molar-refractivity contribution is 8.17. The molecule has 1 N–H and O–H groups in total. The van der Waals surface area contributed by atoms with Crippen LogP contribution in [0.1, 0.15) is 17.5 Å². The molecule has 7 nitrogen and oxygen atoms in total. The van der Waals surface area contributed by atoms with Gasteiger partial charge in [0.1, 0.15) is 5.25 Å². The van der Waals surface area contributed by atoms with E-state index in [4.69, 9.17) is 0 Å². The van der Waals surface area contributed by atoms with Crippen molar-refractivity contribution in [2.75, 3.05) is 11.9 Å². The summed E-state index contributed by atoms with van der Waals surface area (Å²) in [4.78, 5) is 29.7. The van der Waals surface area contributed by atoms with Crippen LogP contribution in [-0.2, 0) is 19.6 Å². The number of hydrogen-bond donors (Lipinski definition) is 1. The third-order valence-corrected chi connectivity index (χ3v) is 7.51. The Labute approximate surface area is 186 Å². The largest absolute Gasteiger partial charge is 0.326 e. The molecular weight excluding hydrogens is 434 g/mol. The number of anilines is 1. The molecule has 1 fully saturated rings. The Kier molecular flexibility index (Phi) is 6.97. The molecule has 31 heavy (non-hydrogen) atoms. The van der Waals surface area contributed by atoms with Crippen LogP contribution < -0.4 is 5.32 Å². The van der Waals surface area contributed by atoms with E-state index in [1.165, 1.54) is 18.2 Å². The quantitative estimate of drug-likeness (QED) is 0.642. The maximum atomic E-state index is 13.2. The third-order valence-electron chi connectivity index (χ3n) is 4.52. The van der Waals surface area contributed by atoms with Gasteiger partial charge in [-0.1, -0.05) is 53.2 Å². The van der Waals surface area contributed by atoms with Gasteiger partial charge >= 0.3 is 0 Å². The van der Waals surface area contributed by atoms with Crippen LogP contribution in [0.25, 0.3) is 0 Å². The average Bonchev–Trinajstić information content (AvgIpc) is 3.04. The van der Waals surface area contributed by atoms with Crippen LogP contribution in [0.15, 0.2) is 71.1 Å². The summed E-state index contributed by atoms with van der Waals surface area (Å²) in [7, 11) is -4.15. The Balaban J connectivity index is 1.83. The molecule has 0 radical (unpaired) electrons. The first-order valence-electron chi connectivity index (χ1n) is 9.56. The van der Waals surface area contributed by atoms with Crippen LogP contribution >= 0.6 is 11.8 Å². The lowest BCUT2D eigenvalue weighted by atomic mass is 10.2. The van der Waals surface area contributed by atoms with Gasteiger partial charge in [0.15, 0.2) is 5.17 Å². The van der Waals surface area contributed by atoms with Crippen molar-refractivity contribution in [3.63, 3.8) is 0 Å². The predicted molar refractivity (Wildman–Crippen MR) is 124 cm³/mol. The van der Waals surface area contributed by atoms with E-state index in [2.05, 4.69) is 16.9 Å². The minimum absolute atomic E-state index is 0.0110. The van der Waals surface area contributed by atoms with E-state index in [0.29, 0.717) is 9.99 Å². The summed E-state index contributed by atoms with van der Waals surface area (Å²) in [5, 5.41) is 1.88. The summed E-state index contributed by atoms with van der Waals surface area (Å²) in [5.74, 6) is -1.07. The van der Waals surface area contributed by atoms with Gasteiger partial charge in [-0.25, -0.2) is 8.42 Å². The first-order valence-corrected chi connectivity index (χ1v) is 11.9. The van der Waals surface area contributed by atoms with E-state index >= 15 is 0 Å². The number of thioether (sulfide) groups is 1. The second-order valence-electron chi connectivity index (χ2n) is 7.06. The Morgan fingerprint density at radius 2 is 1.71 bits per heavy atom. The number of hydrogen-bond acceptors (Lipinski definition) is 6. The molecule has 1 heterocycles. The Bertz CT molecular complexity index is 1120. The summed E-state index contributed by atoms with van der Waals surface area (Å²) in [5.41, 5.74) is 2.56. The van der Waals surface area contributed by atoms with Crippen LogP contribution in [0, 0.1) is 13.8 Å². The predicted octanol–water partition coefficient (Wildman–Crippen LogP) is 3.51. The number of aliphatic imine (C=N–C) groups is 1. The lowest BCUT2D eigenvalue weighted by Crippen LogP contribution is -2.38. The molecule has 1 aliphatic heterocycles. The zero-order chi connectivity index (χ0) is 22.6. The van der Waals surface area contributed by atoms with Gasteiger partial charge in [0.25, 0.3) is 15.9 Å². The van der Waals surface area contributed by atoms with Crippen molar-refractivity contribution in [3.8, 4) is 0 Å². The minimum atomic E-state index is -4.15. The van der Waals surface area contributed by atoms with Crippen molar-refractivity contribution in [2.45, 2.75) is 30.4 Å². The monoisotopic (exact) mass is 457 g/mol. The number of nitrogens with one attached hydrogen (secondary N) is 1. The zero-order valence-corrected chi connectivity index (χ0v) is 18.9. The number of rotatable bonds is 7. The van der Waals surface area contributed by atoms with Crippen LogP contribution in [0.4, 0.5) is 5.69 Å². The van der Waals surface area contributed by atoms with E-state index in [9.17, 15) is 18.0 Å². The first-order chi connectivity index (χ1) is 14.7. The second-order valence-corrected chi connectivity index (χ2v) is 10.0. The normalized spacial score (nSPS) is 17.7. The van der Waals surface area contributed by atoms with E-state index in [-0.39, 0.29) is 28.9 Å². The number of amidine groups is 1. The fraction of sp³-hybridized carbons (Fsp3) is 0.227. The van der Waals surface area contributed by atoms with Crippen molar-refractivity contribution in [2.24, 2.45) is 4.99 Å². The van der Waals surface area contributed by atoms with E-state index in [1.807, 2.05) is 26.0 Å². The smallest absolute Gasteiger partial charge is 0.272 e. The van der Waals surface area contributed by atoms with Gasteiger partial charge in [0.2, 0.25) is 5.91 Å². The van der Waals surface area contributed by atoms with Gasteiger partial charge in [-0.2, -0.15) is 4.31 Å². The average molecular weight is 458 g/mol. The van der Waals surface area contributed by atoms with Crippen molar-refractivity contribution in [3.05, 3.63) is 72.3 Å². The number of nitrogens with zero attached hydrogens (tertiary/aromatic N) is 2. The summed E-state index contributed by atoms with van der Waals surface area (Å²) < 4.78 is 27.0. The summed E-state index contributed by atoms with van der Waals surface area (Å²) in [6, 6.07) is 13.5. The zero-order valence-electron chi connectivity index (χ0n) is 17.2. The number of amides is 2. The number of carbonyl (C=O) groups is 2. The molecule has 0 bridgehead atoms. The molecule has 0 unspecified atom stereocenters. The van der Waals surface area contributed by atoms with E-state index in [1.54, 1.807) is 24.3 Å². The van der Waals surface area contributed by atoms with Gasteiger partial charge in [0, 0.05) is 12.1 Å². The van der Waals surface area contributed by atoms with Crippen LogP contribution in [-0.4, -0.2) is 41.5 Å². The molecule has 162 valence electrons. The van der Waals surface area contributed by atoms with Crippen molar-refractivity contribution in [1.29, 1.82) is 0 Å². The van der Waals surface area contributed by atoms with Crippen LogP contribution in [0.5, 0.6) is 0 Å². The summed E-state index contributed by atoms with van der Waals surface area (Å²) in [6.45, 7) is 7.51. The summed E-state index contributed by atoms with van der Waals surface area (Å²) >= 11 is 0.971. The molecule has 9 heteroatoms. The molecule has 2 aromatic rings. The Morgan fingerprint density at radius 1 is 1.13 bits per heavy atom. The molecule has 0 saturated carbocycles. The minimum Gasteiger partial charge on any atom is -0.326 e. The first kappa shape index (κ1) is 22.8. The SMILES string of the molecule is C=CCN=C1S[C@H](CC(=O)Nc2ccc(C)cc2)C(=O)N1S(=O)(=O)c1ccc(C)cc1. The second kappa shape index (κ2) is 9.49. The van der Waals surface area contributed by atoms with Crippen molar-refractivity contribution < 1.29 is 18.0 Å². The van der Waals surface area contributed by atoms with Crippen molar-refractivity contribution in [1.82, 2.24) is 4.31 Å². The van der Waals surface area contributed by atoms with Crippen LogP contribution in [0.2, 0.25) is 0 Å². The van der Waals surface area contributed by atoms with Gasteiger partial charge < -0.3 is 5.32 Å². The molecule has 1 atom stereocenters.